The van der Waals surface area contributed by atoms with Gasteiger partial charge in [0.1, 0.15) is 11.3 Å². The maximum Gasteiger partial charge on any atom is 0.143 e. The van der Waals surface area contributed by atoms with Crippen molar-refractivity contribution in [2.45, 2.75) is 13.8 Å². The van der Waals surface area contributed by atoms with Crippen LogP contribution in [0.4, 0.5) is 0 Å². The third kappa shape index (κ3) is 2.96. The molecule has 0 bridgehead atoms. The van der Waals surface area contributed by atoms with Gasteiger partial charge in [-0.05, 0) is 53.5 Å². The largest absolute Gasteiger partial charge is 0.455 e. The average Bonchev–Trinajstić information content (AvgIpc) is 3.09. The summed E-state index contributed by atoms with van der Waals surface area (Å²) < 4.78 is 6.49. The highest BCUT2D eigenvalue weighted by Crippen LogP contribution is 2.42. The first-order valence-corrected chi connectivity index (χ1v) is 9.89. The van der Waals surface area contributed by atoms with Gasteiger partial charge in [0.25, 0.3) is 0 Å². The zero-order chi connectivity index (χ0) is 20.0. The first-order chi connectivity index (χ1) is 14.1. The molecule has 1 heteroatoms. The number of benzene rings is 4. The van der Waals surface area contributed by atoms with Crippen LogP contribution in [0.2, 0.25) is 0 Å². The second-order valence-corrected chi connectivity index (χ2v) is 7.66. The van der Waals surface area contributed by atoms with Gasteiger partial charge in [-0.2, -0.15) is 0 Å². The first-order valence-electron chi connectivity index (χ1n) is 9.89. The minimum absolute atomic E-state index is 0.889. The smallest absolute Gasteiger partial charge is 0.143 e. The van der Waals surface area contributed by atoms with E-state index in [9.17, 15) is 0 Å². The number of hydrogen-bond acceptors (Lipinski definition) is 1. The Morgan fingerprint density at radius 2 is 1.48 bits per heavy atom. The molecular weight excluding hydrogens is 352 g/mol. The summed E-state index contributed by atoms with van der Waals surface area (Å²) in [6.07, 6.45) is 0. The second-order valence-electron chi connectivity index (χ2n) is 7.66. The SMILES string of the molecule is C=C(c1cccc(C)c1)c1c(-c2ccccc2C)oc2cc3ccccc3cc12. The van der Waals surface area contributed by atoms with Crippen molar-refractivity contribution in [3.63, 3.8) is 0 Å². The second kappa shape index (κ2) is 6.79. The van der Waals surface area contributed by atoms with E-state index < -0.39 is 0 Å². The maximum atomic E-state index is 6.49. The third-order valence-corrected chi connectivity index (χ3v) is 5.61. The van der Waals surface area contributed by atoms with Gasteiger partial charge in [-0.25, -0.2) is 0 Å². The highest BCUT2D eigenvalue weighted by atomic mass is 16.3. The molecule has 0 N–H and O–H groups in total. The first kappa shape index (κ1) is 17.5. The molecule has 29 heavy (non-hydrogen) atoms. The lowest BCUT2D eigenvalue weighted by Gasteiger charge is -2.10. The summed E-state index contributed by atoms with van der Waals surface area (Å²) in [6, 6.07) is 29.6. The lowest BCUT2D eigenvalue weighted by Crippen LogP contribution is -1.90. The number of hydrogen-bond donors (Lipinski definition) is 0. The van der Waals surface area contributed by atoms with Crippen LogP contribution in [-0.2, 0) is 0 Å². The Bertz CT molecular complexity index is 1380. The van der Waals surface area contributed by atoms with Crippen LogP contribution >= 0.6 is 0 Å². The van der Waals surface area contributed by atoms with E-state index in [0.29, 0.717) is 0 Å². The number of aryl methyl sites for hydroxylation is 2. The Morgan fingerprint density at radius 1 is 0.759 bits per heavy atom. The summed E-state index contributed by atoms with van der Waals surface area (Å²) in [5.74, 6) is 0.889. The summed E-state index contributed by atoms with van der Waals surface area (Å²) in [6.45, 7) is 8.73. The lowest BCUT2D eigenvalue weighted by molar-refractivity contribution is 0.630. The predicted molar refractivity (Wildman–Crippen MR) is 123 cm³/mol. The molecule has 0 unspecified atom stereocenters. The number of rotatable bonds is 3. The maximum absolute atomic E-state index is 6.49. The molecule has 0 spiro atoms. The molecule has 0 atom stereocenters. The minimum Gasteiger partial charge on any atom is -0.455 e. The summed E-state index contributed by atoms with van der Waals surface area (Å²) in [4.78, 5) is 0. The normalized spacial score (nSPS) is 11.2. The van der Waals surface area contributed by atoms with Crippen molar-refractivity contribution in [1.82, 2.24) is 0 Å². The van der Waals surface area contributed by atoms with Gasteiger partial charge in [-0.15, -0.1) is 0 Å². The van der Waals surface area contributed by atoms with Crippen LogP contribution in [-0.4, -0.2) is 0 Å². The Balaban J connectivity index is 1.85. The quantitative estimate of drug-likeness (QED) is 0.312. The summed E-state index contributed by atoms with van der Waals surface area (Å²) >= 11 is 0. The zero-order valence-corrected chi connectivity index (χ0v) is 16.7. The Kier molecular flexibility index (Phi) is 4.10. The van der Waals surface area contributed by atoms with Crippen LogP contribution < -0.4 is 0 Å². The molecule has 0 aliphatic heterocycles. The summed E-state index contributed by atoms with van der Waals surface area (Å²) in [7, 11) is 0. The van der Waals surface area contributed by atoms with Gasteiger partial charge < -0.3 is 4.42 Å². The van der Waals surface area contributed by atoms with Crippen molar-refractivity contribution in [1.29, 1.82) is 0 Å². The van der Waals surface area contributed by atoms with E-state index in [2.05, 4.69) is 105 Å². The fraction of sp³-hybridized carbons (Fsp3) is 0.0714. The fourth-order valence-corrected chi connectivity index (χ4v) is 4.08. The molecule has 0 aliphatic carbocycles. The lowest BCUT2D eigenvalue weighted by atomic mass is 9.92. The van der Waals surface area contributed by atoms with Crippen molar-refractivity contribution in [3.05, 3.63) is 114 Å². The highest BCUT2D eigenvalue weighted by molar-refractivity contribution is 6.06. The molecule has 5 aromatic rings. The average molecular weight is 374 g/mol. The Hall–Kier alpha value is -3.58. The van der Waals surface area contributed by atoms with E-state index >= 15 is 0 Å². The van der Waals surface area contributed by atoms with Crippen molar-refractivity contribution in [2.75, 3.05) is 0 Å². The molecule has 0 amide bonds. The molecule has 0 fully saturated rings. The van der Waals surface area contributed by atoms with Gasteiger partial charge in [-0.1, -0.05) is 84.9 Å². The van der Waals surface area contributed by atoms with E-state index in [1.807, 2.05) is 0 Å². The monoisotopic (exact) mass is 374 g/mol. The van der Waals surface area contributed by atoms with Gasteiger partial charge in [0, 0.05) is 16.5 Å². The van der Waals surface area contributed by atoms with Crippen molar-refractivity contribution < 1.29 is 4.42 Å². The molecule has 5 rings (SSSR count). The van der Waals surface area contributed by atoms with Crippen molar-refractivity contribution in [2.24, 2.45) is 0 Å². The van der Waals surface area contributed by atoms with Crippen LogP contribution in [0.15, 0.2) is 95.9 Å². The number of fused-ring (bicyclic) bond motifs is 2. The highest BCUT2D eigenvalue weighted by Gasteiger charge is 2.21. The van der Waals surface area contributed by atoms with E-state index in [-0.39, 0.29) is 0 Å². The van der Waals surface area contributed by atoms with E-state index in [4.69, 9.17) is 4.42 Å². The molecular formula is C28H22O. The topological polar surface area (TPSA) is 13.1 Å². The van der Waals surface area contributed by atoms with E-state index in [0.717, 1.165) is 39.0 Å². The molecule has 140 valence electrons. The van der Waals surface area contributed by atoms with Crippen LogP contribution in [0.3, 0.4) is 0 Å². The molecule has 0 radical (unpaired) electrons. The van der Waals surface area contributed by atoms with Crippen LogP contribution in [0, 0.1) is 13.8 Å². The fourth-order valence-electron chi connectivity index (χ4n) is 4.08. The van der Waals surface area contributed by atoms with Gasteiger partial charge in [0.2, 0.25) is 0 Å². The van der Waals surface area contributed by atoms with E-state index in [1.165, 1.54) is 21.9 Å². The van der Waals surface area contributed by atoms with E-state index in [1.54, 1.807) is 0 Å². The van der Waals surface area contributed by atoms with Crippen LogP contribution in [0.5, 0.6) is 0 Å². The Labute approximate surface area is 170 Å². The van der Waals surface area contributed by atoms with Gasteiger partial charge in [0.05, 0.1) is 0 Å². The standard InChI is InChI=1S/C28H22O/c1-18-9-8-13-21(15-18)20(3)27-25-16-22-11-5-6-12-23(22)17-26(25)29-28(27)24-14-7-4-10-19(24)2/h4-17H,3H2,1-2H3. The molecule has 1 heterocycles. The molecule has 0 aliphatic rings. The molecule has 0 saturated heterocycles. The summed E-state index contributed by atoms with van der Waals surface area (Å²) in [5.41, 5.74) is 7.60. The van der Waals surface area contributed by atoms with Crippen LogP contribution in [0.1, 0.15) is 22.3 Å². The van der Waals surface area contributed by atoms with Crippen LogP contribution in [0.25, 0.3) is 38.6 Å². The Morgan fingerprint density at radius 3 is 2.24 bits per heavy atom. The zero-order valence-electron chi connectivity index (χ0n) is 16.7. The van der Waals surface area contributed by atoms with Gasteiger partial charge >= 0.3 is 0 Å². The molecule has 1 nitrogen and oxygen atoms in total. The summed E-state index contributed by atoms with van der Waals surface area (Å²) in [5, 5.41) is 3.49. The molecule has 0 saturated carbocycles. The third-order valence-electron chi connectivity index (χ3n) is 5.61. The van der Waals surface area contributed by atoms with Gasteiger partial charge in [0.15, 0.2) is 0 Å². The molecule has 4 aromatic carbocycles. The number of furan rings is 1. The van der Waals surface area contributed by atoms with Gasteiger partial charge in [-0.3, -0.25) is 0 Å². The van der Waals surface area contributed by atoms with Crippen molar-refractivity contribution >= 4 is 27.3 Å². The minimum atomic E-state index is 0.889. The molecule has 1 aromatic heterocycles. The predicted octanol–water partition coefficient (Wildman–Crippen LogP) is 7.93. The van der Waals surface area contributed by atoms with Crippen molar-refractivity contribution in [3.8, 4) is 11.3 Å².